The van der Waals surface area contributed by atoms with Crippen molar-refractivity contribution in [2.24, 2.45) is 5.92 Å². The van der Waals surface area contributed by atoms with Crippen molar-refractivity contribution in [3.63, 3.8) is 0 Å². The van der Waals surface area contributed by atoms with Gasteiger partial charge in [-0.1, -0.05) is 31.0 Å². The third kappa shape index (κ3) is 3.45. The van der Waals surface area contributed by atoms with Crippen LogP contribution in [0.25, 0.3) is 5.69 Å². The van der Waals surface area contributed by atoms with Gasteiger partial charge in [0.1, 0.15) is 5.82 Å². The topological polar surface area (TPSA) is 71.0 Å². The molecule has 138 valence electrons. The number of amides is 1. The zero-order valence-corrected chi connectivity index (χ0v) is 15.1. The number of carbonyl (C=O) groups is 1. The number of hydrogen-bond donors (Lipinski definition) is 1. The van der Waals surface area contributed by atoms with Crippen molar-refractivity contribution in [3.8, 4) is 5.69 Å². The van der Waals surface area contributed by atoms with Crippen LogP contribution in [0.1, 0.15) is 56.7 Å². The molecule has 6 heteroatoms. The van der Waals surface area contributed by atoms with Crippen molar-refractivity contribution in [2.75, 3.05) is 13.1 Å². The molecule has 2 aromatic rings. The molecule has 6 nitrogen and oxygen atoms in total. The normalized spacial score (nSPS) is 21.2. The number of aromatic nitrogens is 3. The molecule has 1 saturated carbocycles. The van der Waals surface area contributed by atoms with Gasteiger partial charge in [0.15, 0.2) is 0 Å². The second-order valence-corrected chi connectivity index (χ2v) is 7.59. The number of benzene rings is 1. The van der Waals surface area contributed by atoms with Gasteiger partial charge in [0, 0.05) is 25.4 Å². The van der Waals surface area contributed by atoms with Crippen LogP contribution >= 0.6 is 0 Å². The molecule has 1 aliphatic carbocycles. The molecular formula is C20H26N4O2. The molecule has 0 bridgehead atoms. The quantitative estimate of drug-likeness (QED) is 0.918. The van der Waals surface area contributed by atoms with E-state index in [9.17, 15) is 9.59 Å². The van der Waals surface area contributed by atoms with Gasteiger partial charge in [-0.3, -0.25) is 4.79 Å². The number of aromatic amines is 1. The smallest absolute Gasteiger partial charge is 0.342 e. The fourth-order valence-electron chi connectivity index (χ4n) is 4.41. The van der Waals surface area contributed by atoms with Gasteiger partial charge in [-0.25, -0.2) is 14.5 Å². The van der Waals surface area contributed by atoms with Crippen LogP contribution in [-0.2, 0) is 4.79 Å². The Bertz CT molecular complexity index is 805. The lowest BCUT2D eigenvalue weighted by Crippen LogP contribution is -2.40. The predicted octanol–water partition coefficient (Wildman–Crippen LogP) is 2.85. The molecule has 4 rings (SSSR count). The van der Waals surface area contributed by atoms with E-state index in [-0.39, 0.29) is 17.5 Å². The van der Waals surface area contributed by atoms with Gasteiger partial charge in [-0.2, -0.15) is 5.10 Å². The van der Waals surface area contributed by atoms with Crippen LogP contribution in [0.3, 0.4) is 0 Å². The summed E-state index contributed by atoms with van der Waals surface area (Å²) in [6, 6.07) is 9.57. The Balaban J connectivity index is 1.52. The number of para-hydroxylation sites is 1. The molecule has 0 radical (unpaired) electrons. The van der Waals surface area contributed by atoms with E-state index in [0.717, 1.165) is 30.9 Å². The highest BCUT2D eigenvalue weighted by Gasteiger charge is 2.30. The highest BCUT2D eigenvalue weighted by Crippen LogP contribution is 2.30. The predicted molar refractivity (Wildman–Crippen MR) is 99.3 cm³/mol. The summed E-state index contributed by atoms with van der Waals surface area (Å²) < 4.78 is 1.65. The van der Waals surface area contributed by atoms with Gasteiger partial charge >= 0.3 is 5.69 Å². The van der Waals surface area contributed by atoms with E-state index >= 15 is 0 Å². The molecule has 1 aromatic heterocycles. The maximum Gasteiger partial charge on any atom is 0.347 e. The van der Waals surface area contributed by atoms with Crippen molar-refractivity contribution < 1.29 is 4.79 Å². The number of piperidine rings is 1. The van der Waals surface area contributed by atoms with E-state index in [0.29, 0.717) is 18.9 Å². The Morgan fingerprint density at radius 2 is 1.88 bits per heavy atom. The summed E-state index contributed by atoms with van der Waals surface area (Å²) in [6.45, 7) is 1.48. The molecule has 0 unspecified atom stereocenters. The first-order valence-corrected chi connectivity index (χ1v) is 9.73. The van der Waals surface area contributed by atoms with Crippen LogP contribution in [0.5, 0.6) is 0 Å². The van der Waals surface area contributed by atoms with E-state index in [1.807, 2.05) is 35.2 Å². The van der Waals surface area contributed by atoms with Gasteiger partial charge in [0.25, 0.3) is 0 Å². The van der Waals surface area contributed by atoms with E-state index in [4.69, 9.17) is 0 Å². The lowest BCUT2D eigenvalue weighted by Gasteiger charge is -2.33. The summed E-state index contributed by atoms with van der Waals surface area (Å²) in [5.74, 6) is 1.66. The van der Waals surface area contributed by atoms with E-state index < -0.39 is 0 Å². The van der Waals surface area contributed by atoms with Crippen LogP contribution in [0.15, 0.2) is 35.1 Å². The molecule has 2 aliphatic rings. The third-order valence-corrected chi connectivity index (χ3v) is 5.79. The van der Waals surface area contributed by atoms with Crippen LogP contribution in [0, 0.1) is 5.92 Å². The van der Waals surface area contributed by atoms with Crippen LogP contribution in [-0.4, -0.2) is 38.7 Å². The van der Waals surface area contributed by atoms with Crippen molar-refractivity contribution in [1.82, 2.24) is 19.7 Å². The molecule has 1 aliphatic heterocycles. The van der Waals surface area contributed by atoms with Crippen LogP contribution < -0.4 is 5.69 Å². The highest BCUT2D eigenvalue weighted by atomic mass is 16.2. The fraction of sp³-hybridized carbons (Fsp3) is 0.550. The number of carbonyl (C=O) groups excluding carboxylic acids is 1. The Morgan fingerprint density at radius 1 is 1.12 bits per heavy atom. The lowest BCUT2D eigenvalue weighted by molar-refractivity contribution is -0.133. The first-order valence-electron chi connectivity index (χ1n) is 9.73. The van der Waals surface area contributed by atoms with Crippen molar-refractivity contribution >= 4 is 5.91 Å². The third-order valence-electron chi connectivity index (χ3n) is 5.79. The number of nitrogens with one attached hydrogen (secondary N) is 1. The number of likely N-dealkylation sites (tertiary alicyclic amines) is 1. The maximum atomic E-state index is 12.7. The van der Waals surface area contributed by atoms with Gasteiger partial charge in [0.2, 0.25) is 5.91 Å². The SMILES string of the molecule is O=C(CC1CCCC1)N1CCC[C@H](c2n[nH]c(=O)n2-c2ccccc2)C1. The molecule has 1 N–H and O–H groups in total. The minimum atomic E-state index is -0.222. The second kappa shape index (κ2) is 7.48. The summed E-state index contributed by atoms with van der Waals surface area (Å²) in [5.41, 5.74) is 0.594. The van der Waals surface area contributed by atoms with E-state index in [2.05, 4.69) is 10.2 Å². The fourth-order valence-corrected chi connectivity index (χ4v) is 4.41. The van der Waals surface area contributed by atoms with Crippen LogP contribution in [0.2, 0.25) is 0 Å². The zero-order valence-electron chi connectivity index (χ0n) is 15.1. The highest BCUT2D eigenvalue weighted by molar-refractivity contribution is 5.76. The minimum Gasteiger partial charge on any atom is -0.342 e. The van der Waals surface area contributed by atoms with Gasteiger partial charge in [0.05, 0.1) is 5.69 Å². The van der Waals surface area contributed by atoms with Gasteiger partial charge in [-0.05, 0) is 43.7 Å². The van der Waals surface area contributed by atoms with Crippen molar-refractivity contribution in [1.29, 1.82) is 0 Å². The standard InChI is InChI=1S/C20H26N4O2/c25-18(13-15-7-4-5-8-15)23-12-6-9-16(14-23)19-21-22-20(26)24(19)17-10-2-1-3-11-17/h1-3,10-11,15-16H,4-9,12-14H2,(H,22,26)/t16-/m0/s1. The van der Waals surface area contributed by atoms with Crippen molar-refractivity contribution in [2.45, 2.75) is 50.9 Å². The molecule has 1 aromatic carbocycles. The lowest BCUT2D eigenvalue weighted by atomic mass is 9.95. The molecular weight excluding hydrogens is 328 g/mol. The summed E-state index contributed by atoms with van der Waals surface area (Å²) in [7, 11) is 0. The first-order chi connectivity index (χ1) is 12.7. The van der Waals surface area contributed by atoms with Gasteiger partial charge < -0.3 is 4.90 Å². The van der Waals surface area contributed by atoms with Crippen molar-refractivity contribution in [3.05, 3.63) is 46.6 Å². The number of nitrogens with zero attached hydrogens (tertiary/aromatic N) is 3. The maximum absolute atomic E-state index is 12.7. The molecule has 1 amide bonds. The zero-order chi connectivity index (χ0) is 17.9. The Kier molecular flexibility index (Phi) is 4.91. The average Bonchev–Trinajstić information content (AvgIpc) is 3.32. The summed E-state index contributed by atoms with van der Waals surface area (Å²) in [5, 5.41) is 6.89. The monoisotopic (exact) mass is 354 g/mol. The molecule has 2 heterocycles. The largest absolute Gasteiger partial charge is 0.347 e. The van der Waals surface area contributed by atoms with E-state index in [1.54, 1.807) is 4.57 Å². The molecule has 0 spiro atoms. The molecule has 2 fully saturated rings. The second-order valence-electron chi connectivity index (χ2n) is 7.59. The molecule has 1 atom stereocenters. The number of rotatable bonds is 4. The molecule has 1 saturated heterocycles. The summed E-state index contributed by atoms with van der Waals surface area (Å²) in [6.07, 6.45) is 7.49. The van der Waals surface area contributed by atoms with Crippen LogP contribution in [0.4, 0.5) is 0 Å². The average molecular weight is 354 g/mol. The first kappa shape index (κ1) is 17.1. The van der Waals surface area contributed by atoms with E-state index in [1.165, 1.54) is 25.7 Å². The summed E-state index contributed by atoms with van der Waals surface area (Å²) >= 11 is 0. The number of H-pyrrole nitrogens is 1. The molecule has 26 heavy (non-hydrogen) atoms. The Morgan fingerprint density at radius 3 is 2.65 bits per heavy atom. The van der Waals surface area contributed by atoms with Gasteiger partial charge in [-0.15, -0.1) is 0 Å². The minimum absolute atomic E-state index is 0.0930. The Labute approximate surface area is 153 Å². The Hall–Kier alpha value is -2.37. The number of hydrogen-bond acceptors (Lipinski definition) is 3. The summed E-state index contributed by atoms with van der Waals surface area (Å²) in [4.78, 5) is 27.0.